The molecule has 152 valence electrons. The van der Waals surface area contributed by atoms with Gasteiger partial charge < -0.3 is 15.7 Å². The molecule has 6 heteroatoms. The highest BCUT2D eigenvalue weighted by Gasteiger charge is 2.44. The van der Waals surface area contributed by atoms with Crippen molar-refractivity contribution in [1.29, 1.82) is 0 Å². The molecule has 2 aromatic carbocycles. The number of nitrogens with one attached hydrogen (secondary N) is 2. The van der Waals surface area contributed by atoms with Crippen molar-refractivity contribution in [3.05, 3.63) is 88.3 Å². The van der Waals surface area contributed by atoms with Crippen LogP contribution in [0.5, 0.6) is 0 Å². The highest BCUT2D eigenvalue weighted by molar-refractivity contribution is 7.08. The average molecular weight is 419 g/mol. The number of hydrogen-bond acceptors (Lipinski definition) is 4. The zero-order valence-electron chi connectivity index (χ0n) is 16.5. The fraction of sp³-hybridized carbons (Fsp3) is 0.167. The van der Waals surface area contributed by atoms with Crippen molar-refractivity contribution < 1.29 is 14.7 Å². The summed E-state index contributed by atoms with van der Waals surface area (Å²) < 4.78 is 0. The Bertz CT molecular complexity index is 1090. The van der Waals surface area contributed by atoms with Crippen molar-refractivity contribution in [1.82, 2.24) is 5.32 Å². The van der Waals surface area contributed by atoms with Gasteiger partial charge in [0.2, 0.25) is 0 Å². The molecule has 1 aliphatic heterocycles. The van der Waals surface area contributed by atoms with Gasteiger partial charge in [0.1, 0.15) is 11.3 Å². The first-order valence-corrected chi connectivity index (χ1v) is 10.6. The molecule has 0 spiro atoms. The first-order valence-electron chi connectivity index (χ1n) is 9.70. The SMILES string of the molecule is CC1(CCc2ccccc2)NC(=O)C(C(=O)Nc2ccc(-c3ccsc3)cc2)=C1O. The third-order valence-corrected chi connectivity index (χ3v) is 6.04. The monoisotopic (exact) mass is 418 g/mol. The van der Waals surface area contributed by atoms with Gasteiger partial charge >= 0.3 is 0 Å². The van der Waals surface area contributed by atoms with E-state index < -0.39 is 17.4 Å². The molecule has 30 heavy (non-hydrogen) atoms. The van der Waals surface area contributed by atoms with Crippen LogP contribution in [-0.2, 0) is 16.0 Å². The van der Waals surface area contributed by atoms with Crippen LogP contribution in [0.2, 0.25) is 0 Å². The Balaban J connectivity index is 1.47. The number of carbonyl (C=O) groups is 2. The Kier molecular flexibility index (Phi) is 5.42. The minimum Gasteiger partial charge on any atom is -0.509 e. The van der Waals surface area contributed by atoms with Crippen LogP contribution >= 0.6 is 11.3 Å². The summed E-state index contributed by atoms with van der Waals surface area (Å²) in [6, 6.07) is 19.2. The summed E-state index contributed by atoms with van der Waals surface area (Å²) in [6.45, 7) is 1.74. The molecule has 2 heterocycles. The Hall–Kier alpha value is -3.38. The zero-order valence-corrected chi connectivity index (χ0v) is 17.3. The minimum atomic E-state index is -0.970. The van der Waals surface area contributed by atoms with Crippen LogP contribution in [0.15, 0.2) is 82.8 Å². The van der Waals surface area contributed by atoms with Gasteiger partial charge in [0.05, 0.1) is 5.54 Å². The Morgan fingerprint density at radius 2 is 1.80 bits per heavy atom. The van der Waals surface area contributed by atoms with E-state index in [0.29, 0.717) is 18.5 Å². The molecule has 4 rings (SSSR count). The van der Waals surface area contributed by atoms with Gasteiger partial charge in [-0.25, -0.2) is 0 Å². The van der Waals surface area contributed by atoms with Crippen molar-refractivity contribution >= 4 is 28.8 Å². The van der Waals surface area contributed by atoms with E-state index in [1.807, 2.05) is 53.9 Å². The lowest BCUT2D eigenvalue weighted by Gasteiger charge is -2.24. The number of anilines is 1. The number of amides is 2. The fourth-order valence-corrected chi connectivity index (χ4v) is 4.22. The van der Waals surface area contributed by atoms with E-state index in [4.69, 9.17) is 0 Å². The summed E-state index contributed by atoms with van der Waals surface area (Å²) >= 11 is 1.62. The molecule has 0 fully saturated rings. The fourth-order valence-electron chi connectivity index (χ4n) is 3.55. The molecule has 0 bridgehead atoms. The maximum Gasteiger partial charge on any atom is 0.264 e. The van der Waals surface area contributed by atoms with Gasteiger partial charge in [0, 0.05) is 5.69 Å². The van der Waals surface area contributed by atoms with Gasteiger partial charge in [-0.1, -0.05) is 42.5 Å². The van der Waals surface area contributed by atoms with E-state index in [-0.39, 0.29) is 11.3 Å². The summed E-state index contributed by atoms with van der Waals surface area (Å²) in [5.41, 5.74) is 2.62. The van der Waals surface area contributed by atoms with E-state index in [0.717, 1.165) is 16.7 Å². The van der Waals surface area contributed by atoms with E-state index in [1.54, 1.807) is 30.4 Å². The highest BCUT2D eigenvalue weighted by atomic mass is 32.1. The normalized spacial score (nSPS) is 18.4. The second kappa shape index (κ2) is 8.16. The standard InChI is InChI=1S/C24H22N2O3S/c1-24(13-11-16-5-3-2-4-6-16)21(27)20(23(29)26-24)22(28)25-19-9-7-17(8-10-19)18-12-14-30-15-18/h2-10,12,14-15,27H,11,13H2,1H3,(H,25,28)(H,26,29). The molecular weight excluding hydrogens is 396 g/mol. The molecule has 3 N–H and O–H groups in total. The van der Waals surface area contributed by atoms with Crippen molar-refractivity contribution in [3.63, 3.8) is 0 Å². The summed E-state index contributed by atoms with van der Waals surface area (Å²) in [7, 11) is 0. The Morgan fingerprint density at radius 1 is 1.07 bits per heavy atom. The third kappa shape index (κ3) is 4.00. The molecule has 0 saturated carbocycles. The number of carbonyl (C=O) groups excluding carboxylic acids is 2. The number of aliphatic hydroxyl groups is 1. The summed E-state index contributed by atoms with van der Waals surface area (Å²) in [6.07, 6.45) is 1.15. The number of aliphatic hydroxyl groups excluding tert-OH is 1. The molecule has 0 radical (unpaired) electrons. The van der Waals surface area contributed by atoms with Crippen LogP contribution in [-0.4, -0.2) is 22.5 Å². The lowest BCUT2D eigenvalue weighted by molar-refractivity contribution is -0.121. The lowest BCUT2D eigenvalue weighted by atomic mass is 9.92. The molecule has 1 atom stereocenters. The van der Waals surface area contributed by atoms with E-state index in [9.17, 15) is 14.7 Å². The van der Waals surface area contributed by atoms with E-state index >= 15 is 0 Å². The zero-order chi connectivity index (χ0) is 21.1. The van der Waals surface area contributed by atoms with Crippen LogP contribution in [0.25, 0.3) is 11.1 Å². The predicted molar refractivity (Wildman–Crippen MR) is 119 cm³/mol. The second-order valence-electron chi connectivity index (χ2n) is 7.54. The number of aryl methyl sites for hydroxylation is 1. The quantitative estimate of drug-likeness (QED) is 0.508. The van der Waals surface area contributed by atoms with Crippen LogP contribution in [0.3, 0.4) is 0 Å². The molecule has 0 saturated heterocycles. The van der Waals surface area contributed by atoms with Crippen molar-refractivity contribution in [2.45, 2.75) is 25.3 Å². The Labute approximate surface area is 179 Å². The summed E-state index contributed by atoms with van der Waals surface area (Å²) in [5.74, 6) is -1.39. The minimum absolute atomic E-state index is 0.212. The number of benzene rings is 2. The van der Waals surface area contributed by atoms with Crippen LogP contribution in [0, 0.1) is 0 Å². The average Bonchev–Trinajstić information content (AvgIpc) is 3.35. The maximum atomic E-state index is 12.7. The molecule has 3 aromatic rings. The molecule has 0 aliphatic carbocycles. The summed E-state index contributed by atoms with van der Waals surface area (Å²) in [4.78, 5) is 25.2. The van der Waals surface area contributed by atoms with Gasteiger partial charge in [-0.15, -0.1) is 0 Å². The molecule has 1 unspecified atom stereocenters. The van der Waals surface area contributed by atoms with Gasteiger partial charge in [0.15, 0.2) is 0 Å². The second-order valence-corrected chi connectivity index (χ2v) is 8.32. The highest BCUT2D eigenvalue weighted by Crippen LogP contribution is 2.30. The third-order valence-electron chi connectivity index (χ3n) is 5.36. The number of rotatable bonds is 6. The van der Waals surface area contributed by atoms with Crippen LogP contribution < -0.4 is 10.6 Å². The van der Waals surface area contributed by atoms with E-state index in [1.165, 1.54) is 0 Å². The van der Waals surface area contributed by atoms with Gasteiger partial charge in [-0.05, 0) is 65.4 Å². The lowest BCUT2D eigenvalue weighted by Crippen LogP contribution is -2.42. The van der Waals surface area contributed by atoms with Crippen molar-refractivity contribution in [2.24, 2.45) is 0 Å². The van der Waals surface area contributed by atoms with Crippen molar-refractivity contribution in [3.8, 4) is 11.1 Å². The predicted octanol–water partition coefficient (Wildman–Crippen LogP) is 4.69. The van der Waals surface area contributed by atoms with Gasteiger partial charge in [-0.3, -0.25) is 9.59 Å². The molecular formula is C24H22N2O3S. The van der Waals surface area contributed by atoms with Crippen LogP contribution in [0.1, 0.15) is 18.9 Å². The molecule has 5 nitrogen and oxygen atoms in total. The van der Waals surface area contributed by atoms with Gasteiger partial charge in [0.25, 0.3) is 11.8 Å². The van der Waals surface area contributed by atoms with E-state index in [2.05, 4.69) is 16.0 Å². The van der Waals surface area contributed by atoms with Crippen molar-refractivity contribution in [2.75, 3.05) is 5.32 Å². The molecule has 2 amide bonds. The van der Waals surface area contributed by atoms with Crippen LogP contribution in [0.4, 0.5) is 5.69 Å². The first kappa shape index (κ1) is 19.9. The molecule has 1 aliphatic rings. The molecule has 1 aromatic heterocycles. The topological polar surface area (TPSA) is 78.4 Å². The summed E-state index contributed by atoms with van der Waals surface area (Å²) in [5, 5.41) is 20.3. The number of thiophene rings is 1. The first-order chi connectivity index (χ1) is 14.5. The number of hydrogen-bond donors (Lipinski definition) is 3. The maximum absolute atomic E-state index is 12.7. The largest absolute Gasteiger partial charge is 0.509 e. The van der Waals surface area contributed by atoms with Gasteiger partial charge in [-0.2, -0.15) is 11.3 Å². The Morgan fingerprint density at radius 3 is 2.47 bits per heavy atom. The smallest absolute Gasteiger partial charge is 0.264 e.